The quantitative estimate of drug-likeness (QED) is 0.730. The van der Waals surface area contributed by atoms with Crippen molar-refractivity contribution in [3.63, 3.8) is 0 Å². The maximum Gasteiger partial charge on any atom is 0.271 e. The Bertz CT molecular complexity index is 460. The van der Waals surface area contributed by atoms with Crippen LogP contribution in [-0.2, 0) is 0 Å². The molecule has 3 atom stereocenters. The molecule has 2 rings (SSSR count). The number of aromatic amines is 1. The summed E-state index contributed by atoms with van der Waals surface area (Å²) >= 11 is 0. The molecule has 0 saturated carbocycles. The highest BCUT2D eigenvalue weighted by Gasteiger charge is 2.29. The lowest BCUT2D eigenvalue weighted by Crippen LogP contribution is -2.56. The molecule has 6 nitrogen and oxygen atoms in total. The maximum absolute atomic E-state index is 12.0. The first-order valence-corrected chi connectivity index (χ1v) is 6.18. The van der Waals surface area contributed by atoms with E-state index in [1.54, 1.807) is 0 Å². The summed E-state index contributed by atoms with van der Waals surface area (Å²) in [5.41, 5.74) is -0.0767. The first-order valence-electron chi connectivity index (χ1n) is 6.18. The lowest BCUT2D eigenvalue weighted by molar-refractivity contribution is 0.0891. The van der Waals surface area contributed by atoms with Crippen LogP contribution < -0.4 is 16.2 Å². The van der Waals surface area contributed by atoms with Gasteiger partial charge in [0.05, 0.1) is 0 Å². The molecule has 1 aliphatic heterocycles. The van der Waals surface area contributed by atoms with Gasteiger partial charge in [0.25, 0.3) is 11.5 Å². The number of carbonyl (C=O) groups is 1. The topological polar surface area (TPSA) is 86.9 Å². The largest absolute Gasteiger partial charge is 0.346 e. The van der Waals surface area contributed by atoms with Crippen molar-refractivity contribution in [2.75, 3.05) is 6.54 Å². The third-order valence-electron chi connectivity index (χ3n) is 3.43. The highest BCUT2D eigenvalue weighted by Crippen LogP contribution is 2.16. The zero-order chi connectivity index (χ0) is 13.1. The molecule has 1 saturated heterocycles. The van der Waals surface area contributed by atoms with Gasteiger partial charge >= 0.3 is 0 Å². The van der Waals surface area contributed by atoms with E-state index in [4.69, 9.17) is 0 Å². The van der Waals surface area contributed by atoms with E-state index in [0.29, 0.717) is 5.92 Å². The zero-order valence-corrected chi connectivity index (χ0v) is 11.8. The number of hydrogen-bond acceptors (Lipinski definition) is 4. The second-order valence-electron chi connectivity index (χ2n) is 4.81. The first-order chi connectivity index (χ1) is 8.58. The summed E-state index contributed by atoms with van der Waals surface area (Å²) in [6.07, 6.45) is 1.04. The number of piperidine rings is 1. The van der Waals surface area contributed by atoms with Crippen molar-refractivity contribution < 1.29 is 4.79 Å². The Morgan fingerprint density at radius 1 is 1.42 bits per heavy atom. The standard InChI is InChI=1S/C12H18N4O2.ClH/c1-7-5-6-13-8(2)11(7)14-12(18)9-3-4-10(17)16-15-9;/h3-4,7-8,11,13H,5-6H2,1-2H3,(H,14,18)(H,16,17);1H. The Balaban J connectivity index is 0.00000180. The van der Waals surface area contributed by atoms with Crippen molar-refractivity contribution in [2.45, 2.75) is 32.4 Å². The summed E-state index contributed by atoms with van der Waals surface area (Å²) in [6.45, 7) is 5.16. The normalized spacial score (nSPS) is 26.3. The first kappa shape index (κ1) is 15.7. The fraction of sp³-hybridized carbons (Fsp3) is 0.583. The summed E-state index contributed by atoms with van der Waals surface area (Å²) in [7, 11) is 0. The zero-order valence-electron chi connectivity index (χ0n) is 11.0. The number of H-pyrrole nitrogens is 1. The Kier molecular flexibility index (Phi) is 5.50. The predicted molar refractivity (Wildman–Crippen MR) is 74.6 cm³/mol. The molecule has 1 fully saturated rings. The molecule has 1 aliphatic rings. The van der Waals surface area contributed by atoms with E-state index in [2.05, 4.69) is 34.7 Å². The minimum absolute atomic E-state index is 0. The maximum atomic E-state index is 12.0. The number of halogens is 1. The molecule has 0 radical (unpaired) electrons. The molecular weight excluding hydrogens is 268 g/mol. The molecule has 7 heteroatoms. The molecule has 106 valence electrons. The van der Waals surface area contributed by atoms with Crippen LogP contribution in [0.2, 0.25) is 0 Å². The molecule has 1 aromatic rings. The lowest BCUT2D eigenvalue weighted by atomic mass is 9.89. The van der Waals surface area contributed by atoms with Crippen LogP contribution in [0.4, 0.5) is 0 Å². The molecule has 0 spiro atoms. The van der Waals surface area contributed by atoms with Gasteiger partial charge in [-0.3, -0.25) is 9.59 Å². The van der Waals surface area contributed by atoms with Gasteiger partial charge in [0.15, 0.2) is 0 Å². The highest BCUT2D eigenvalue weighted by molar-refractivity contribution is 5.92. The van der Waals surface area contributed by atoms with Crippen LogP contribution in [-0.4, -0.2) is 34.7 Å². The van der Waals surface area contributed by atoms with E-state index in [0.717, 1.165) is 13.0 Å². The summed E-state index contributed by atoms with van der Waals surface area (Å²) in [5.74, 6) is 0.173. The summed E-state index contributed by atoms with van der Waals surface area (Å²) in [6, 6.07) is 3.05. The number of nitrogens with zero attached hydrogens (tertiary/aromatic N) is 1. The molecule has 3 unspecified atom stereocenters. The number of carbonyl (C=O) groups excluding carboxylic acids is 1. The van der Waals surface area contributed by atoms with E-state index in [1.165, 1.54) is 12.1 Å². The second-order valence-corrected chi connectivity index (χ2v) is 4.81. The molecule has 19 heavy (non-hydrogen) atoms. The molecule has 0 bridgehead atoms. The third kappa shape index (κ3) is 3.78. The van der Waals surface area contributed by atoms with Gasteiger partial charge in [0.2, 0.25) is 0 Å². The van der Waals surface area contributed by atoms with Crippen molar-refractivity contribution in [1.29, 1.82) is 0 Å². The van der Waals surface area contributed by atoms with Crippen molar-refractivity contribution in [3.8, 4) is 0 Å². The highest BCUT2D eigenvalue weighted by atomic mass is 35.5. The van der Waals surface area contributed by atoms with Crippen LogP contribution in [0.3, 0.4) is 0 Å². The van der Waals surface area contributed by atoms with Crippen LogP contribution >= 0.6 is 12.4 Å². The van der Waals surface area contributed by atoms with Gasteiger partial charge in [0, 0.05) is 18.2 Å². The summed E-state index contributed by atoms with van der Waals surface area (Å²) in [5, 5.41) is 12.3. The molecule has 3 N–H and O–H groups in total. The number of nitrogens with one attached hydrogen (secondary N) is 3. The third-order valence-corrected chi connectivity index (χ3v) is 3.43. The summed E-state index contributed by atoms with van der Waals surface area (Å²) in [4.78, 5) is 22.9. The SMILES string of the molecule is CC1CCNC(C)C1NC(=O)c1ccc(=O)[nH]n1.Cl. The number of aromatic nitrogens is 2. The van der Waals surface area contributed by atoms with Gasteiger partial charge in [-0.2, -0.15) is 5.10 Å². The minimum Gasteiger partial charge on any atom is -0.346 e. The van der Waals surface area contributed by atoms with Crippen LogP contribution in [0.25, 0.3) is 0 Å². The Morgan fingerprint density at radius 2 is 2.16 bits per heavy atom. The van der Waals surface area contributed by atoms with Gasteiger partial charge in [-0.05, 0) is 31.9 Å². The van der Waals surface area contributed by atoms with Gasteiger partial charge < -0.3 is 10.6 Å². The number of rotatable bonds is 2. The monoisotopic (exact) mass is 286 g/mol. The number of amides is 1. The van der Waals surface area contributed by atoms with Crippen molar-refractivity contribution in [2.24, 2.45) is 5.92 Å². The lowest BCUT2D eigenvalue weighted by Gasteiger charge is -2.35. The predicted octanol–water partition coefficient (Wildman–Crippen LogP) is 0.308. The molecule has 0 aromatic carbocycles. The van der Waals surface area contributed by atoms with Crippen molar-refractivity contribution in [1.82, 2.24) is 20.8 Å². The van der Waals surface area contributed by atoms with Crippen LogP contribution in [0.1, 0.15) is 30.8 Å². The van der Waals surface area contributed by atoms with Gasteiger partial charge in [-0.15, -0.1) is 12.4 Å². The fourth-order valence-electron chi connectivity index (χ4n) is 2.30. The van der Waals surface area contributed by atoms with E-state index in [9.17, 15) is 9.59 Å². The molecule has 1 aromatic heterocycles. The molecule has 2 heterocycles. The van der Waals surface area contributed by atoms with Crippen molar-refractivity contribution in [3.05, 3.63) is 28.2 Å². The van der Waals surface area contributed by atoms with Gasteiger partial charge in [-0.1, -0.05) is 6.92 Å². The number of hydrogen-bond donors (Lipinski definition) is 3. The van der Waals surface area contributed by atoms with E-state index in [-0.39, 0.29) is 41.7 Å². The van der Waals surface area contributed by atoms with Crippen molar-refractivity contribution >= 4 is 18.3 Å². The van der Waals surface area contributed by atoms with E-state index in [1.807, 2.05) is 0 Å². The second kappa shape index (κ2) is 6.68. The molecule has 0 aliphatic carbocycles. The van der Waals surface area contributed by atoms with Crippen LogP contribution in [0, 0.1) is 5.92 Å². The van der Waals surface area contributed by atoms with E-state index < -0.39 is 0 Å². The Hall–Kier alpha value is -1.40. The fourth-order valence-corrected chi connectivity index (χ4v) is 2.30. The smallest absolute Gasteiger partial charge is 0.271 e. The average Bonchev–Trinajstić information content (AvgIpc) is 2.34. The van der Waals surface area contributed by atoms with Gasteiger partial charge in [-0.25, -0.2) is 5.10 Å². The Morgan fingerprint density at radius 3 is 2.74 bits per heavy atom. The molecule has 1 amide bonds. The Labute approximate surface area is 117 Å². The van der Waals surface area contributed by atoms with Gasteiger partial charge in [0.1, 0.15) is 5.69 Å². The van der Waals surface area contributed by atoms with Crippen LogP contribution in [0.5, 0.6) is 0 Å². The van der Waals surface area contributed by atoms with E-state index >= 15 is 0 Å². The molecular formula is C12H19ClN4O2. The average molecular weight is 287 g/mol. The summed E-state index contributed by atoms with van der Waals surface area (Å²) < 4.78 is 0. The minimum atomic E-state index is -0.312. The van der Waals surface area contributed by atoms with Crippen LogP contribution in [0.15, 0.2) is 16.9 Å².